The van der Waals surface area contributed by atoms with E-state index in [0.717, 1.165) is 6.21 Å². The molecule has 0 spiro atoms. The maximum absolute atomic E-state index is 10.4. The second kappa shape index (κ2) is 5.08. The van der Waals surface area contributed by atoms with Crippen LogP contribution in [-0.2, 0) is 4.74 Å². The highest BCUT2D eigenvalue weighted by atomic mass is 16.8. The van der Waals surface area contributed by atoms with Gasteiger partial charge in [-0.15, -0.1) is 6.58 Å². The summed E-state index contributed by atoms with van der Waals surface area (Å²) in [5.41, 5.74) is 0. The van der Waals surface area contributed by atoms with Gasteiger partial charge in [-0.25, -0.2) is 0 Å². The van der Waals surface area contributed by atoms with Crippen LogP contribution in [0.1, 0.15) is 11.9 Å². The van der Waals surface area contributed by atoms with E-state index in [4.69, 9.17) is 14.4 Å². The minimum atomic E-state index is -0.703. The van der Waals surface area contributed by atoms with Gasteiger partial charge in [0.05, 0.1) is 12.9 Å². The Morgan fingerprint density at radius 1 is 1.79 bits per heavy atom. The maximum Gasteiger partial charge on any atom is 0.246 e. The highest BCUT2D eigenvalue weighted by Gasteiger charge is 2.16. The fourth-order valence-corrected chi connectivity index (χ4v) is 0.939. The van der Waals surface area contributed by atoms with Gasteiger partial charge in [0, 0.05) is 4.90 Å². The molecule has 1 aromatic rings. The number of hydrogen-bond donors (Lipinski definition) is 1. The second-order valence-electron chi connectivity index (χ2n) is 2.51. The largest absolute Gasteiger partial charge is 0.466 e. The molecule has 0 aromatic carbocycles. The molecule has 1 atom stereocenters. The first-order chi connectivity index (χ1) is 6.74. The summed E-state index contributed by atoms with van der Waals surface area (Å²) in [6, 6.07) is 3.31. The van der Waals surface area contributed by atoms with Gasteiger partial charge in [-0.3, -0.25) is 5.21 Å². The molecule has 1 rings (SSSR count). The Bertz CT molecular complexity index is 301. The molecule has 1 heterocycles. The molecule has 0 aliphatic rings. The molecule has 1 N–H and O–H groups in total. The highest BCUT2D eigenvalue weighted by Crippen LogP contribution is 2.15. The standard InChI is InChI=1S/C9H11NO4/c1-2-5-13-9(7-10(11)12)8-4-3-6-14-8/h2-4,6-7,9H,1,5H2,(H,11,12). The van der Waals surface area contributed by atoms with Crippen molar-refractivity contribution in [2.24, 2.45) is 0 Å². The average molecular weight is 197 g/mol. The van der Waals surface area contributed by atoms with Gasteiger partial charge >= 0.3 is 0 Å². The Kier molecular flexibility index (Phi) is 3.75. The van der Waals surface area contributed by atoms with Gasteiger partial charge in [0.2, 0.25) is 6.21 Å². The van der Waals surface area contributed by atoms with E-state index < -0.39 is 6.10 Å². The van der Waals surface area contributed by atoms with Gasteiger partial charge in [0.25, 0.3) is 0 Å². The van der Waals surface area contributed by atoms with Crippen LogP contribution in [0.5, 0.6) is 0 Å². The summed E-state index contributed by atoms with van der Waals surface area (Å²) in [7, 11) is 0. The fraction of sp³-hybridized carbons (Fsp3) is 0.222. The maximum atomic E-state index is 10.4. The quantitative estimate of drug-likeness (QED) is 0.255. The van der Waals surface area contributed by atoms with Crippen molar-refractivity contribution in [2.45, 2.75) is 6.10 Å². The van der Waals surface area contributed by atoms with Crippen LogP contribution in [0.3, 0.4) is 0 Å². The lowest BCUT2D eigenvalue weighted by Crippen LogP contribution is -2.11. The number of rotatable bonds is 5. The van der Waals surface area contributed by atoms with E-state index in [1.165, 1.54) is 12.3 Å². The highest BCUT2D eigenvalue weighted by molar-refractivity contribution is 5.59. The first-order valence-corrected chi connectivity index (χ1v) is 4.00. The Labute approximate surface area is 81.1 Å². The van der Waals surface area contributed by atoms with Gasteiger partial charge in [0.1, 0.15) is 5.76 Å². The van der Waals surface area contributed by atoms with Crippen molar-refractivity contribution in [1.82, 2.24) is 0 Å². The van der Waals surface area contributed by atoms with Crippen LogP contribution in [0.2, 0.25) is 0 Å². The zero-order chi connectivity index (χ0) is 10.4. The van der Waals surface area contributed by atoms with E-state index in [1.54, 1.807) is 12.1 Å². The Balaban J connectivity index is 2.72. The van der Waals surface area contributed by atoms with Gasteiger partial charge in [-0.1, -0.05) is 6.08 Å². The van der Waals surface area contributed by atoms with Crippen molar-refractivity contribution >= 4 is 6.21 Å². The SMILES string of the molecule is C=CCOC(/C=[N+](\[O-])O)c1ccco1. The van der Waals surface area contributed by atoms with E-state index in [0.29, 0.717) is 5.76 Å². The van der Waals surface area contributed by atoms with Gasteiger partial charge in [-0.05, 0) is 12.1 Å². The normalized spacial score (nSPS) is 13.9. The molecule has 0 radical (unpaired) electrons. The lowest BCUT2D eigenvalue weighted by Gasteiger charge is -2.06. The molecule has 5 nitrogen and oxygen atoms in total. The van der Waals surface area contributed by atoms with Crippen molar-refractivity contribution in [3.05, 3.63) is 42.0 Å². The van der Waals surface area contributed by atoms with Crippen molar-refractivity contribution in [1.29, 1.82) is 0 Å². The van der Waals surface area contributed by atoms with Crippen LogP contribution in [0.25, 0.3) is 0 Å². The van der Waals surface area contributed by atoms with Crippen molar-refractivity contribution in [3.63, 3.8) is 0 Å². The Hall–Kier alpha value is -1.75. The van der Waals surface area contributed by atoms with Gasteiger partial charge in [0.15, 0.2) is 6.10 Å². The predicted octanol–water partition coefficient (Wildman–Crippen LogP) is 1.49. The lowest BCUT2D eigenvalue weighted by atomic mass is 10.3. The monoisotopic (exact) mass is 197 g/mol. The first-order valence-electron chi connectivity index (χ1n) is 4.00. The van der Waals surface area contributed by atoms with Gasteiger partial charge < -0.3 is 14.4 Å². The van der Waals surface area contributed by atoms with Crippen LogP contribution >= 0.6 is 0 Å². The van der Waals surface area contributed by atoms with E-state index in [1.807, 2.05) is 0 Å². The molecule has 0 saturated heterocycles. The van der Waals surface area contributed by atoms with Crippen molar-refractivity contribution in [3.8, 4) is 0 Å². The fourth-order valence-electron chi connectivity index (χ4n) is 0.939. The molecule has 1 aromatic heterocycles. The second-order valence-corrected chi connectivity index (χ2v) is 2.51. The van der Waals surface area contributed by atoms with E-state index >= 15 is 0 Å². The molecule has 1 unspecified atom stereocenters. The topological polar surface area (TPSA) is 68.7 Å². The third-order valence-electron chi connectivity index (χ3n) is 1.48. The van der Waals surface area contributed by atoms with Crippen LogP contribution in [-0.4, -0.2) is 22.9 Å². The van der Waals surface area contributed by atoms with Crippen molar-refractivity contribution < 1.29 is 19.3 Å². The average Bonchev–Trinajstić information content (AvgIpc) is 2.64. The number of nitrogens with zero attached hydrogens (tertiary/aromatic N) is 1. The number of hydrogen-bond acceptors (Lipinski definition) is 4. The summed E-state index contributed by atoms with van der Waals surface area (Å²) in [6.07, 6.45) is 3.24. The van der Waals surface area contributed by atoms with Crippen LogP contribution < -0.4 is 0 Å². The van der Waals surface area contributed by atoms with E-state index in [2.05, 4.69) is 6.58 Å². The van der Waals surface area contributed by atoms with Crippen LogP contribution in [0.15, 0.2) is 35.5 Å². The summed E-state index contributed by atoms with van der Waals surface area (Å²) in [4.78, 5) is -0.309. The molecule has 0 aliphatic carbocycles. The third kappa shape index (κ3) is 2.95. The molecule has 0 amide bonds. The summed E-state index contributed by atoms with van der Waals surface area (Å²) in [5, 5.41) is 18.9. The summed E-state index contributed by atoms with van der Waals surface area (Å²) in [5.74, 6) is 0.446. The zero-order valence-electron chi connectivity index (χ0n) is 7.50. The molecule has 14 heavy (non-hydrogen) atoms. The molecule has 0 aliphatic heterocycles. The predicted molar refractivity (Wildman–Crippen MR) is 49.1 cm³/mol. The minimum absolute atomic E-state index is 0.260. The molecule has 76 valence electrons. The molecule has 0 saturated carbocycles. The minimum Gasteiger partial charge on any atom is -0.466 e. The molecular formula is C9H11NO4. The number of ether oxygens (including phenoxy) is 1. The molecule has 0 bridgehead atoms. The summed E-state index contributed by atoms with van der Waals surface area (Å²) >= 11 is 0. The number of furan rings is 1. The summed E-state index contributed by atoms with van der Waals surface area (Å²) < 4.78 is 10.2. The van der Waals surface area contributed by atoms with Crippen LogP contribution in [0.4, 0.5) is 0 Å². The van der Waals surface area contributed by atoms with Gasteiger partial charge in [-0.2, -0.15) is 0 Å². The smallest absolute Gasteiger partial charge is 0.246 e. The lowest BCUT2D eigenvalue weighted by molar-refractivity contribution is -0.724. The first kappa shape index (κ1) is 10.3. The summed E-state index contributed by atoms with van der Waals surface area (Å²) in [6.45, 7) is 3.73. The molecule has 5 heteroatoms. The Morgan fingerprint density at radius 2 is 2.57 bits per heavy atom. The third-order valence-corrected chi connectivity index (χ3v) is 1.48. The van der Waals surface area contributed by atoms with Crippen molar-refractivity contribution in [2.75, 3.05) is 6.61 Å². The zero-order valence-corrected chi connectivity index (χ0v) is 7.50. The van der Waals surface area contributed by atoms with E-state index in [-0.39, 0.29) is 11.5 Å². The molecular weight excluding hydrogens is 186 g/mol. The van der Waals surface area contributed by atoms with E-state index in [9.17, 15) is 5.21 Å². The van der Waals surface area contributed by atoms with Crippen LogP contribution in [0, 0.1) is 5.21 Å². The Morgan fingerprint density at radius 3 is 3.07 bits per heavy atom. The molecule has 0 fully saturated rings.